The van der Waals surface area contributed by atoms with Crippen molar-refractivity contribution >= 4 is 6.08 Å². The van der Waals surface area contributed by atoms with E-state index in [9.17, 15) is 0 Å². The number of hydrogen-bond donors (Lipinski definition) is 0. The second-order valence-electron chi connectivity index (χ2n) is 5.75. The highest BCUT2D eigenvalue weighted by atomic mass is 15.2. The van der Waals surface area contributed by atoms with Crippen LogP contribution >= 0.6 is 0 Å². The summed E-state index contributed by atoms with van der Waals surface area (Å²) in [5.41, 5.74) is 3.52. The number of nitrogens with zero attached hydrogens (tertiary/aromatic N) is 3. The summed E-state index contributed by atoms with van der Waals surface area (Å²) in [5.74, 6) is 0.535. The van der Waals surface area contributed by atoms with Crippen LogP contribution in [0.25, 0.3) is 6.08 Å². The van der Waals surface area contributed by atoms with Crippen molar-refractivity contribution in [1.29, 1.82) is 0 Å². The van der Waals surface area contributed by atoms with Crippen molar-refractivity contribution in [3.8, 4) is 0 Å². The molecule has 1 aliphatic heterocycles. The molecule has 104 valence electrons. The van der Waals surface area contributed by atoms with Gasteiger partial charge in [0.15, 0.2) is 0 Å². The van der Waals surface area contributed by atoms with Crippen molar-refractivity contribution < 1.29 is 0 Å². The predicted octanol–water partition coefficient (Wildman–Crippen LogP) is 2.60. The smallest absolute Gasteiger partial charge is 0.0630 e. The van der Waals surface area contributed by atoms with E-state index in [2.05, 4.69) is 54.4 Å². The Kier molecular flexibility index (Phi) is 4.72. The van der Waals surface area contributed by atoms with Gasteiger partial charge in [0.1, 0.15) is 0 Å². The first-order chi connectivity index (χ1) is 9.08. The van der Waals surface area contributed by atoms with E-state index in [0.29, 0.717) is 5.92 Å². The normalized spacial score (nSPS) is 17.9. The van der Waals surface area contributed by atoms with Crippen LogP contribution in [0.5, 0.6) is 0 Å². The molecule has 0 unspecified atom stereocenters. The van der Waals surface area contributed by atoms with Crippen molar-refractivity contribution in [1.82, 2.24) is 14.8 Å². The summed E-state index contributed by atoms with van der Waals surface area (Å²) < 4.78 is 0. The quantitative estimate of drug-likeness (QED) is 0.828. The average Bonchev–Trinajstić information content (AvgIpc) is 2.41. The largest absolute Gasteiger partial charge is 0.304 e. The van der Waals surface area contributed by atoms with Crippen LogP contribution in [0.3, 0.4) is 0 Å². The summed E-state index contributed by atoms with van der Waals surface area (Å²) in [4.78, 5) is 9.54. The Morgan fingerprint density at radius 3 is 2.53 bits per heavy atom. The molecule has 0 amide bonds. The van der Waals surface area contributed by atoms with Gasteiger partial charge in [-0.1, -0.05) is 20.4 Å². The van der Waals surface area contributed by atoms with E-state index >= 15 is 0 Å². The van der Waals surface area contributed by atoms with E-state index < -0.39 is 0 Å². The Labute approximate surface area is 116 Å². The zero-order valence-electron chi connectivity index (χ0n) is 12.4. The number of piperazine rings is 1. The molecule has 0 saturated carbocycles. The van der Waals surface area contributed by atoms with Gasteiger partial charge in [-0.2, -0.15) is 0 Å². The Hall–Kier alpha value is -1.19. The Morgan fingerprint density at radius 2 is 1.95 bits per heavy atom. The van der Waals surface area contributed by atoms with Gasteiger partial charge in [-0.15, -0.1) is 0 Å². The van der Waals surface area contributed by atoms with Crippen LogP contribution in [-0.2, 0) is 6.54 Å². The molecule has 0 aromatic carbocycles. The molecule has 0 spiro atoms. The van der Waals surface area contributed by atoms with E-state index in [1.807, 2.05) is 6.08 Å². The summed E-state index contributed by atoms with van der Waals surface area (Å²) in [6, 6.07) is 4.39. The van der Waals surface area contributed by atoms with Crippen LogP contribution in [0.15, 0.2) is 18.7 Å². The van der Waals surface area contributed by atoms with Gasteiger partial charge in [0.25, 0.3) is 0 Å². The van der Waals surface area contributed by atoms with E-state index in [0.717, 1.165) is 38.4 Å². The zero-order valence-corrected chi connectivity index (χ0v) is 12.4. The third-order valence-corrected chi connectivity index (χ3v) is 3.78. The molecule has 0 bridgehead atoms. The lowest BCUT2D eigenvalue weighted by Gasteiger charge is -2.32. The Morgan fingerprint density at radius 1 is 1.26 bits per heavy atom. The first-order valence-corrected chi connectivity index (χ1v) is 7.12. The topological polar surface area (TPSA) is 19.4 Å². The molecule has 2 rings (SSSR count). The van der Waals surface area contributed by atoms with Crippen molar-refractivity contribution in [2.45, 2.75) is 26.3 Å². The fourth-order valence-corrected chi connectivity index (χ4v) is 2.39. The molecule has 0 aliphatic carbocycles. The molecule has 1 aliphatic rings. The van der Waals surface area contributed by atoms with Crippen LogP contribution in [-0.4, -0.2) is 48.0 Å². The van der Waals surface area contributed by atoms with Crippen LogP contribution in [0.1, 0.15) is 36.7 Å². The lowest BCUT2D eigenvalue weighted by atomic mass is 10.0. The molecule has 1 saturated heterocycles. The third-order valence-electron chi connectivity index (χ3n) is 3.78. The monoisotopic (exact) mass is 259 g/mol. The van der Waals surface area contributed by atoms with Crippen molar-refractivity contribution in [3.05, 3.63) is 35.7 Å². The molecular formula is C16H25N3. The van der Waals surface area contributed by atoms with Gasteiger partial charge >= 0.3 is 0 Å². The highest BCUT2D eigenvalue weighted by Gasteiger charge is 2.15. The number of pyridine rings is 1. The minimum absolute atomic E-state index is 0.535. The number of hydrogen-bond acceptors (Lipinski definition) is 3. The van der Waals surface area contributed by atoms with E-state index in [-0.39, 0.29) is 0 Å². The standard InChI is InChI=1S/C16H25N3/c1-5-15-10-14(13(2)3)11-16(17-15)12-19-8-6-18(4)7-9-19/h5,10-11,13H,1,6-9,12H2,2-4H3. The fourth-order valence-electron chi connectivity index (χ4n) is 2.39. The SMILES string of the molecule is C=Cc1cc(C(C)C)cc(CN2CCN(C)CC2)n1. The predicted molar refractivity (Wildman–Crippen MR) is 81.2 cm³/mol. The van der Waals surface area contributed by atoms with Crippen LogP contribution in [0.4, 0.5) is 0 Å². The number of rotatable bonds is 4. The molecule has 3 nitrogen and oxygen atoms in total. The minimum Gasteiger partial charge on any atom is -0.304 e. The van der Waals surface area contributed by atoms with Crippen LogP contribution in [0.2, 0.25) is 0 Å². The molecule has 0 N–H and O–H groups in total. The number of likely N-dealkylation sites (N-methyl/N-ethyl adjacent to an activating group) is 1. The molecular weight excluding hydrogens is 234 g/mol. The minimum atomic E-state index is 0.535. The summed E-state index contributed by atoms with van der Waals surface area (Å²) in [7, 11) is 2.19. The Bertz CT molecular complexity index is 432. The maximum absolute atomic E-state index is 4.67. The van der Waals surface area contributed by atoms with Crippen molar-refractivity contribution in [2.24, 2.45) is 0 Å². The molecule has 0 radical (unpaired) electrons. The van der Waals surface area contributed by atoms with E-state index in [1.54, 1.807) is 0 Å². The van der Waals surface area contributed by atoms with Crippen LogP contribution < -0.4 is 0 Å². The highest BCUT2D eigenvalue weighted by Crippen LogP contribution is 2.18. The lowest BCUT2D eigenvalue weighted by molar-refractivity contribution is 0.147. The average molecular weight is 259 g/mol. The molecule has 2 heterocycles. The summed E-state index contributed by atoms with van der Waals surface area (Å²) >= 11 is 0. The highest BCUT2D eigenvalue weighted by molar-refractivity contribution is 5.44. The van der Waals surface area contributed by atoms with Gasteiger partial charge in [0, 0.05) is 32.7 Å². The maximum Gasteiger partial charge on any atom is 0.0630 e. The van der Waals surface area contributed by atoms with Gasteiger partial charge in [0.2, 0.25) is 0 Å². The molecule has 1 fully saturated rings. The van der Waals surface area contributed by atoms with Crippen molar-refractivity contribution in [3.63, 3.8) is 0 Å². The first-order valence-electron chi connectivity index (χ1n) is 7.12. The molecule has 1 aromatic heterocycles. The maximum atomic E-state index is 4.67. The first kappa shape index (κ1) is 14.2. The molecule has 1 aromatic rings. The van der Waals surface area contributed by atoms with Gasteiger partial charge in [-0.05, 0) is 36.7 Å². The van der Waals surface area contributed by atoms with Gasteiger partial charge in [-0.3, -0.25) is 9.88 Å². The number of aromatic nitrogens is 1. The molecule has 3 heteroatoms. The summed E-state index contributed by atoms with van der Waals surface area (Å²) in [5, 5.41) is 0. The third kappa shape index (κ3) is 3.88. The van der Waals surface area contributed by atoms with E-state index in [1.165, 1.54) is 11.3 Å². The second kappa shape index (κ2) is 6.31. The summed E-state index contributed by atoms with van der Waals surface area (Å²) in [6.45, 7) is 13.8. The zero-order chi connectivity index (χ0) is 13.8. The fraction of sp³-hybridized carbons (Fsp3) is 0.562. The van der Waals surface area contributed by atoms with E-state index in [4.69, 9.17) is 0 Å². The van der Waals surface area contributed by atoms with Crippen LogP contribution in [0, 0.1) is 0 Å². The lowest BCUT2D eigenvalue weighted by Crippen LogP contribution is -2.44. The molecule has 19 heavy (non-hydrogen) atoms. The van der Waals surface area contributed by atoms with Crippen molar-refractivity contribution in [2.75, 3.05) is 33.2 Å². The second-order valence-corrected chi connectivity index (χ2v) is 5.75. The summed E-state index contributed by atoms with van der Waals surface area (Å²) in [6.07, 6.45) is 1.85. The Balaban J connectivity index is 2.10. The molecule has 0 atom stereocenters. The van der Waals surface area contributed by atoms with Gasteiger partial charge in [-0.25, -0.2) is 0 Å². The van der Waals surface area contributed by atoms with Gasteiger partial charge in [0.05, 0.1) is 11.4 Å². The van der Waals surface area contributed by atoms with Gasteiger partial charge < -0.3 is 4.90 Å².